The summed E-state index contributed by atoms with van der Waals surface area (Å²) in [6.45, 7) is 2.30. The molecule has 4 rings (SSSR count). The number of pyridine rings is 1. The first-order valence-electron chi connectivity index (χ1n) is 9.38. The summed E-state index contributed by atoms with van der Waals surface area (Å²) in [6, 6.07) is 2.80. The van der Waals surface area contributed by atoms with Gasteiger partial charge in [-0.3, -0.25) is 0 Å². The second kappa shape index (κ2) is 7.78. The van der Waals surface area contributed by atoms with Gasteiger partial charge in [0.1, 0.15) is 16.8 Å². The lowest BCUT2D eigenvalue weighted by Gasteiger charge is -2.15. The van der Waals surface area contributed by atoms with E-state index in [-0.39, 0.29) is 28.6 Å². The Hall–Kier alpha value is -2.83. The van der Waals surface area contributed by atoms with Gasteiger partial charge in [0.25, 0.3) is 0 Å². The van der Waals surface area contributed by atoms with Crippen LogP contribution in [-0.2, 0) is 19.5 Å². The van der Waals surface area contributed by atoms with Crippen LogP contribution in [0.1, 0.15) is 37.9 Å². The molecule has 4 N–H and O–H groups in total. The van der Waals surface area contributed by atoms with E-state index >= 15 is 0 Å². The van der Waals surface area contributed by atoms with Gasteiger partial charge in [-0.15, -0.1) is 0 Å². The lowest BCUT2D eigenvalue weighted by molar-refractivity contribution is 0.0683. The van der Waals surface area contributed by atoms with Crippen LogP contribution in [-0.4, -0.2) is 47.7 Å². The first kappa shape index (κ1) is 20.4. The highest BCUT2D eigenvalue weighted by Gasteiger charge is 2.40. The van der Waals surface area contributed by atoms with Crippen LogP contribution in [0.15, 0.2) is 35.6 Å². The van der Waals surface area contributed by atoms with Crippen molar-refractivity contribution in [2.24, 2.45) is 5.14 Å². The number of rotatable bonds is 6. The predicted molar refractivity (Wildman–Crippen MR) is 105 cm³/mol. The van der Waals surface area contributed by atoms with Crippen molar-refractivity contribution in [2.45, 2.75) is 48.8 Å². The van der Waals surface area contributed by atoms with Gasteiger partial charge in [0, 0.05) is 36.1 Å². The second-order valence-electron chi connectivity index (χ2n) is 7.66. The molecule has 1 aliphatic heterocycles. The summed E-state index contributed by atoms with van der Waals surface area (Å²) in [6.07, 6.45) is 5.84. The Morgan fingerprint density at radius 1 is 1.23 bits per heavy atom. The average Bonchev–Trinajstić information content (AvgIpc) is 3.22. The number of hydrogen-bond donors (Lipinski definition) is 3. The van der Waals surface area contributed by atoms with Gasteiger partial charge in [-0.2, -0.15) is 0 Å². The molecule has 1 saturated heterocycles. The minimum Gasteiger partial charge on any atom is -0.444 e. The number of nitrogens with two attached hydrogens (primary N) is 1. The number of carbonyl (C=O) groups is 1. The maximum Gasteiger partial charge on any atom is 0.407 e. The number of sulfonamides is 1. The molecule has 30 heavy (non-hydrogen) atoms. The lowest BCUT2D eigenvalue weighted by Crippen LogP contribution is -2.37. The molecule has 11 nitrogen and oxygen atoms in total. The van der Waals surface area contributed by atoms with Crippen LogP contribution in [0.4, 0.5) is 16.6 Å². The summed E-state index contributed by atoms with van der Waals surface area (Å²) < 4.78 is 33.7. The predicted octanol–water partition coefficient (Wildman–Crippen LogP) is 1.37. The molecule has 2 aromatic heterocycles. The van der Waals surface area contributed by atoms with Gasteiger partial charge in [0.2, 0.25) is 16.0 Å². The summed E-state index contributed by atoms with van der Waals surface area (Å²) in [5.41, 5.74) is 0.638. The molecule has 2 aromatic rings. The quantitative estimate of drug-likeness (QED) is 0.610. The van der Waals surface area contributed by atoms with Crippen LogP contribution >= 0.6 is 0 Å². The number of nitrogens with one attached hydrogen (secondary N) is 2. The molecule has 0 aromatic carbocycles. The largest absolute Gasteiger partial charge is 0.444 e. The Kier molecular flexibility index (Phi) is 5.30. The highest BCUT2D eigenvalue weighted by Crippen LogP contribution is 2.35. The number of primary sulfonamides is 1. The van der Waals surface area contributed by atoms with Crippen molar-refractivity contribution in [2.75, 3.05) is 11.9 Å². The zero-order valence-electron chi connectivity index (χ0n) is 16.2. The lowest BCUT2D eigenvalue weighted by atomic mass is 10.1. The van der Waals surface area contributed by atoms with Crippen molar-refractivity contribution in [3.63, 3.8) is 0 Å². The third-order valence-corrected chi connectivity index (χ3v) is 5.88. The number of carbonyl (C=O) groups excluding carboxylic acids is 1. The molecule has 12 heteroatoms. The van der Waals surface area contributed by atoms with Crippen LogP contribution in [0.2, 0.25) is 0 Å². The first-order valence-corrected chi connectivity index (χ1v) is 10.9. The molecule has 1 amide bonds. The molecule has 0 bridgehead atoms. The van der Waals surface area contributed by atoms with Crippen LogP contribution in [0.3, 0.4) is 0 Å². The summed E-state index contributed by atoms with van der Waals surface area (Å²) in [4.78, 5) is 24.3. The fourth-order valence-corrected chi connectivity index (χ4v) is 3.42. The van der Waals surface area contributed by atoms with Gasteiger partial charge in [-0.1, -0.05) is 0 Å². The number of alkyl carbamates (subject to hydrolysis) is 1. The average molecular weight is 434 g/mol. The molecule has 160 valence electrons. The summed E-state index contributed by atoms with van der Waals surface area (Å²) in [5.74, 6) is 0.661. The van der Waals surface area contributed by atoms with Crippen molar-refractivity contribution in [1.29, 1.82) is 0 Å². The van der Waals surface area contributed by atoms with Crippen molar-refractivity contribution in [1.82, 2.24) is 20.3 Å². The SMILES string of the molecule is CC1(NC(=O)OC2COC(c3cnc(Nc4ccc(S(N)(=O)=O)cn4)nc3)C2)CC1. The summed E-state index contributed by atoms with van der Waals surface area (Å²) >= 11 is 0. The fourth-order valence-electron chi connectivity index (χ4n) is 2.96. The highest BCUT2D eigenvalue weighted by molar-refractivity contribution is 7.89. The van der Waals surface area contributed by atoms with Gasteiger partial charge < -0.3 is 20.1 Å². The Bertz CT molecular complexity index is 1020. The smallest absolute Gasteiger partial charge is 0.407 e. The van der Waals surface area contributed by atoms with E-state index in [0.717, 1.165) is 24.6 Å². The van der Waals surface area contributed by atoms with E-state index in [9.17, 15) is 13.2 Å². The first-order chi connectivity index (χ1) is 14.2. The number of ether oxygens (including phenoxy) is 2. The van der Waals surface area contributed by atoms with Crippen LogP contribution in [0, 0.1) is 0 Å². The molecule has 2 atom stereocenters. The Balaban J connectivity index is 1.31. The highest BCUT2D eigenvalue weighted by atomic mass is 32.2. The molecule has 3 heterocycles. The van der Waals surface area contributed by atoms with E-state index in [1.807, 2.05) is 6.92 Å². The molecule has 1 saturated carbocycles. The van der Waals surface area contributed by atoms with Crippen molar-refractivity contribution < 1.29 is 22.7 Å². The molecule has 0 radical (unpaired) electrons. The number of aromatic nitrogens is 3. The summed E-state index contributed by atoms with van der Waals surface area (Å²) in [5, 5.41) is 10.8. The molecule has 2 unspecified atom stereocenters. The normalized spacial score (nSPS) is 22.3. The third kappa shape index (κ3) is 5.01. The summed E-state index contributed by atoms with van der Waals surface area (Å²) in [7, 11) is -3.80. The van der Waals surface area contributed by atoms with Crippen molar-refractivity contribution >= 4 is 27.9 Å². The third-order valence-electron chi connectivity index (χ3n) is 4.99. The molecule has 2 fully saturated rings. The molecular formula is C18H22N6O5S. The van der Waals surface area contributed by atoms with E-state index < -0.39 is 16.1 Å². The molecule has 2 aliphatic rings. The molecular weight excluding hydrogens is 412 g/mol. The van der Waals surface area contributed by atoms with Gasteiger partial charge in [0.15, 0.2) is 0 Å². The van der Waals surface area contributed by atoms with Crippen LogP contribution < -0.4 is 15.8 Å². The monoisotopic (exact) mass is 434 g/mol. The maximum atomic E-state index is 11.9. The van der Waals surface area contributed by atoms with Gasteiger partial charge >= 0.3 is 6.09 Å². The minimum atomic E-state index is -3.80. The van der Waals surface area contributed by atoms with Gasteiger partial charge in [-0.25, -0.2) is 33.3 Å². The Morgan fingerprint density at radius 2 is 1.97 bits per heavy atom. The topological polar surface area (TPSA) is 158 Å². The van der Waals surface area contributed by atoms with Gasteiger partial charge in [-0.05, 0) is 31.9 Å². The standard InChI is InChI=1S/C18H22N6O5S/c1-18(4-5-18)24-17(25)29-12-6-14(28-10-12)11-7-21-16(22-8-11)23-15-3-2-13(9-20-15)30(19,26)27/h2-3,7-9,12,14H,4-6,10H2,1H3,(H,24,25)(H2,19,26,27)(H,20,21,22,23). The number of amides is 1. The van der Waals surface area contributed by atoms with Gasteiger partial charge in [0.05, 0.1) is 12.7 Å². The zero-order valence-corrected chi connectivity index (χ0v) is 17.1. The van der Waals surface area contributed by atoms with Crippen molar-refractivity contribution in [3.05, 3.63) is 36.3 Å². The van der Waals surface area contributed by atoms with E-state index in [1.165, 1.54) is 12.1 Å². The zero-order chi connectivity index (χ0) is 21.4. The van der Waals surface area contributed by atoms with Crippen LogP contribution in [0.25, 0.3) is 0 Å². The van der Waals surface area contributed by atoms with E-state index in [4.69, 9.17) is 14.6 Å². The number of hydrogen-bond acceptors (Lipinski definition) is 9. The van der Waals surface area contributed by atoms with Crippen LogP contribution in [0.5, 0.6) is 0 Å². The molecule has 1 aliphatic carbocycles. The number of anilines is 2. The number of nitrogens with zero attached hydrogens (tertiary/aromatic N) is 3. The minimum absolute atomic E-state index is 0.0839. The second-order valence-corrected chi connectivity index (χ2v) is 9.22. The van der Waals surface area contributed by atoms with E-state index in [0.29, 0.717) is 18.8 Å². The van der Waals surface area contributed by atoms with Crippen molar-refractivity contribution in [3.8, 4) is 0 Å². The maximum absolute atomic E-state index is 11.9. The Labute approximate surface area is 173 Å². The molecule has 0 spiro atoms. The van der Waals surface area contributed by atoms with E-state index in [2.05, 4.69) is 25.6 Å². The fraction of sp³-hybridized carbons (Fsp3) is 0.444. The van der Waals surface area contributed by atoms with E-state index in [1.54, 1.807) is 12.4 Å². The Morgan fingerprint density at radius 3 is 2.57 bits per heavy atom.